The van der Waals surface area contributed by atoms with Crippen LogP contribution in [0.15, 0.2) is 124 Å². The highest BCUT2D eigenvalue weighted by molar-refractivity contribution is 7.87. The third-order valence-corrected chi connectivity index (χ3v) is 15.7. The molecular formula is C48H57NO15S4. The Bertz CT molecular complexity index is 3220. The van der Waals surface area contributed by atoms with E-state index in [9.17, 15) is 61.8 Å². The van der Waals surface area contributed by atoms with Crippen molar-refractivity contribution in [2.24, 2.45) is 0 Å². The second kappa shape index (κ2) is 20.9. The molecule has 368 valence electrons. The van der Waals surface area contributed by atoms with E-state index in [2.05, 4.69) is 11.5 Å². The van der Waals surface area contributed by atoms with Gasteiger partial charge in [0.25, 0.3) is 40.5 Å². The maximum Gasteiger partial charge on any atom is 0.303 e. The first-order chi connectivity index (χ1) is 31.5. The van der Waals surface area contributed by atoms with Crippen LogP contribution in [0.5, 0.6) is 0 Å². The number of unbranched alkanes of at least 4 members (excludes halogenated alkanes) is 2. The Kier molecular flexibility index (Phi) is 16.6. The highest BCUT2D eigenvalue weighted by Gasteiger charge is 2.41. The average molecular weight is 1020 g/mol. The molecule has 1 heterocycles. The fourth-order valence-electron chi connectivity index (χ4n) is 9.11. The van der Waals surface area contributed by atoms with E-state index < -0.39 is 72.8 Å². The number of aryl methyl sites for hydroxylation is 1. The quantitative estimate of drug-likeness (QED) is 0.0280. The zero-order valence-electron chi connectivity index (χ0n) is 38.3. The fraction of sp³-hybridized carbons (Fsp3) is 0.354. The lowest BCUT2D eigenvalue weighted by Gasteiger charge is -2.34. The van der Waals surface area contributed by atoms with E-state index in [4.69, 9.17) is 4.74 Å². The van der Waals surface area contributed by atoms with Crippen LogP contribution in [-0.4, -0.2) is 89.0 Å². The number of hydrogen-bond donors (Lipinski definition) is 5. The van der Waals surface area contributed by atoms with Gasteiger partial charge in [0.1, 0.15) is 4.90 Å². The number of allylic oxidation sites excluding steroid dienone is 9. The molecule has 0 saturated heterocycles. The number of benzene rings is 4. The summed E-state index contributed by atoms with van der Waals surface area (Å²) in [5.41, 5.74) is 2.56. The van der Waals surface area contributed by atoms with Crippen LogP contribution in [-0.2, 0) is 67.3 Å². The topological polar surface area (TPSA) is 267 Å². The Balaban J connectivity index is 1.54. The first-order valence-corrected chi connectivity index (χ1v) is 27.4. The summed E-state index contributed by atoms with van der Waals surface area (Å²) in [6, 6.07) is 11.5. The number of fused-ring (bicyclic) bond motifs is 4. The van der Waals surface area contributed by atoms with Crippen LogP contribution in [0.1, 0.15) is 81.5 Å². The predicted octanol–water partition coefficient (Wildman–Crippen LogP) is 8.71. The molecule has 1 aliphatic heterocycles. The first kappa shape index (κ1) is 53.9. The van der Waals surface area contributed by atoms with Crippen LogP contribution in [0, 0.1) is 6.92 Å². The summed E-state index contributed by atoms with van der Waals surface area (Å²) in [6.07, 6.45) is 14.4. The number of aliphatic carboxylic acids is 1. The molecule has 0 amide bonds. The molecule has 0 spiro atoms. The molecule has 0 radical (unpaired) electrons. The van der Waals surface area contributed by atoms with Gasteiger partial charge in [0.2, 0.25) is 0 Å². The van der Waals surface area contributed by atoms with E-state index >= 15 is 0 Å². The van der Waals surface area contributed by atoms with Crippen molar-refractivity contribution >= 4 is 73.7 Å². The number of carboxylic acids is 1. The van der Waals surface area contributed by atoms with Crippen molar-refractivity contribution in [3.8, 4) is 0 Å². The first-order valence-electron chi connectivity index (χ1n) is 21.5. The Morgan fingerprint density at radius 2 is 1.38 bits per heavy atom. The number of anilines is 1. The zero-order chi connectivity index (χ0) is 50.6. The van der Waals surface area contributed by atoms with E-state index in [1.807, 2.05) is 38.1 Å². The maximum absolute atomic E-state index is 12.5. The molecule has 5 rings (SSSR count). The lowest BCUT2D eigenvalue weighted by Crippen LogP contribution is -2.27. The minimum Gasteiger partial charge on any atom is -0.481 e. The van der Waals surface area contributed by atoms with E-state index in [0.717, 1.165) is 28.4 Å². The van der Waals surface area contributed by atoms with Crippen molar-refractivity contribution in [3.63, 3.8) is 0 Å². The monoisotopic (exact) mass is 1020 g/mol. The van der Waals surface area contributed by atoms with Crippen molar-refractivity contribution in [3.05, 3.63) is 131 Å². The van der Waals surface area contributed by atoms with Crippen LogP contribution in [0.25, 0.3) is 21.5 Å². The summed E-state index contributed by atoms with van der Waals surface area (Å²) in [6.45, 7) is 12.5. The minimum absolute atomic E-state index is 0.0134. The third-order valence-electron chi connectivity index (χ3n) is 12.4. The molecule has 5 N–H and O–H groups in total. The molecule has 16 nitrogen and oxygen atoms in total. The minimum atomic E-state index is -5.02. The second-order valence-electron chi connectivity index (χ2n) is 17.5. The summed E-state index contributed by atoms with van der Waals surface area (Å²) >= 11 is 0. The Morgan fingerprint density at radius 1 is 0.765 bits per heavy atom. The molecule has 0 aliphatic carbocycles. The summed E-state index contributed by atoms with van der Waals surface area (Å²) in [5, 5.41) is 10.6. The van der Waals surface area contributed by atoms with Gasteiger partial charge in [-0.15, -0.1) is 0 Å². The van der Waals surface area contributed by atoms with Gasteiger partial charge in [0.05, 0.1) is 22.2 Å². The molecular weight excluding hydrogens is 959 g/mol. The van der Waals surface area contributed by atoms with Crippen LogP contribution in [0.2, 0.25) is 0 Å². The average Bonchev–Trinajstić information content (AvgIpc) is 3.44. The lowest BCUT2D eigenvalue weighted by atomic mass is 9.70. The van der Waals surface area contributed by atoms with Crippen molar-refractivity contribution in [2.45, 2.75) is 98.2 Å². The third kappa shape index (κ3) is 12.4. The summed E-state index contributed by atoms with van der Waals surface area (Å²) < 4.78 is 143. The van der Waals surface area contributed by atoms with Gasteiger partial charge in [-0.05, 0) is 119 Å². The van der Waals surface area contributed by atoms with Crippen LogP contribution in [0.4, 0.5) is 5.69 Å². The smallest absolute Gasteiger partial charge is 0.303 e. The van der Waals surface area contributed by atoms with Gasteiger partial charge in [-0.2, -0.15) is 33.7 Å². The van der Waals surface area contributed by atoms with Crippen molar-refractivity contribution in [1.82, 2.24) is 0 Å². The van der Waals surface area contributed by atoms with Crippen LogP contribution < -0.4 is 4.90 Å². The standard InChI is InChI=1S/C48H57NO15S4/c1-32-19-20-38-40(30-36(67(58,59)60)31-42(38)68(61,62)63)45(32)48(5,24-15-27-65(52,53)54)33(2)16-11-8-7-9-12-17-43-47(3,4)46-39-29-35(66(55,56)57)28-34(23-26-64-6)37(39)21-22-41(46)49(43)25-14-10-13-18-44(50)51/h7-9,11-12,16-17,19-22,28-31H,2,10,13-15,18,23-27H2,1,3-6H3,(H,50,51)(H,52,53,54)(H,55,56,57)(H,58,59,60)(H,61,62,63)/b8-7+,12-9+,16-11+,43-17+. The van der Waals surface area contributed by atoms with Gasteiger partial charge in [0.15, 0.2) is 0 Å². The fourth-order valence-corrected chi connectivity index (χ4v) is 11.5. The Morgan fingerprint density at radius 3 is 2.00 bits per heavy atom. The molecule has 4 aromatic rings. The second-order valence-corrected chi connectivity index (χ2v) is 23.3. The summed E-state index contributed by atoms with van der Waals surface area (Å²) in [5.74, 6) is -1.50. The van der Waals surface area contributed by atoms with Gasteiger partial charge in [-0.1, -0.05) is 88.4 Å². The molecule has 68 heavy (non-hydrogen) atoms. The number of carboxylic acid groups (broad SMARTS) is 1. The SMILES string of the molecule is C=C(/C=C/C=C/C=C/C=C1/N(CCCCCC(=O)O)c2ccc3c(CCOC)cc(S(=O)(=O)O)cc3c2C1(C)C)C(C)(CCCS(=O)(=O)O)c1c(C)ccc2c(S(=O)(=O)O)cc(S(=O)(=O)O)cc12. The number of ether oxygens (including phenoxy) is 1. The molecule has 1 unspecified atom stereocenters. The van der Waals surface area contributed by atoms with E-state index in [0.29, 0.717) is 72.6 Å². The largest absolute Gasteiger partial charge is 0.481 e. The number of hydrogen-bond acceptors (Lipinski definition) is 11. The Labute approximate surface area is 398 Å². The van der Waals surface area contributed by atoms with Crippen molar-refractivity contribution in [2.75, 3.05) is 30.9 Å². The highest BCUT2D eigenvalue weighted by Crippen LogP contribution is 2.52. The molecule has 1 atom stereocenters. The molecule has 4 aromatic carbocycles. The Hall–Kier alpha value is -5.03. The van der Waals surface area contributed by atoms with Gasteiger partial charge in [0, 0.05) is 47.7 Å². The molecule has 0 saturated carbocycles. The van der Waals surface area contributed by atoms with Gasteiger partial charge < -0.3 is 14.7 Å². The number of methoxy groups -OCH3 is 1. The van der Waals surface area contributed by atoms with E-state index in [-0.39, 0.29) is 34.9 Å². The molecule has 0 aromatic heterocycles. The van der Waals surface area contributed by atoms with E-state index in [1.54, 1.807) is 57.4 Å². The number of rotatable bonds is 22. The maximum atomic E-state index is 12.5. The highest BCUT2D eigenvalue weighted by atomic mass is 32.2. The molecule has 20 heteroatoms. The normalized spacial score (nSPS) is 16.2. The molecule has 1 aliphatic rings. The van der Waals surface area contributed by atoms with Crippen LogP contribution in [0.3, 0.4) is 0 Å². The summed E-state index contributed by atoms with van der Waals surface area (Å²) in [4.78, 5) is 11.5. The predicted molar refractivity (Wildman–Crippen MR) is 262 cm³/mol. The lowest BCUT2D eigenvalue weighted by molar-refractivity contribution is -0.137. The van der Waals surface area contributed by atoms with Gasteiger partial charge >= 0.3 is 5.97 Å². The van der Waals surface area contributed by atoms with Crippen molar-refractivity contribution < 1.29 is 66.5 Å². The molecule has 0 bridgehead atoms. The summed E-state index contributed by atoms with van der Waals surface area (Å²) in [7, 11) is -17.4. The van der Waals surface area contributed by atoms with Gasteiger partial charge in [-0.3, -0.25) is 23.0 Å². The van der Waals surface area contributed by atoms with Crippen LogP contribution >= 0.6 is 0 Å². The van der Waals surface area contributed by atoms with E-state index in [1.165, 1.54) is 18.2 Å². The number of carbonyl (C=O) groups is 1. The zero-order valence-corrected chi connectivity index (χ0v) is 41.6. The molecule has 0 fully saturated rings. The number of nitrogens with zero attached hydrogens (tertiary/aromatic N) is 1. The van der Waals surface area contributed by atoms with Gasteiger partial charge in [-0.25, -0.2) is 0 Å². The van der Waals surface area contributed by atoms with Crippen molar-refractivity contribution in [1.29, 1.82) is 0 Å².